The minimum Gasteiger partial charge on any atom is -0.454 e. The highest BCUT2D eigenvalue weighted by molar-refractivity contribution is 5.96. The lowest BCUT2D eigenvalue weighted by atomic mass is 9.98. The molecule has 0 N–H and O–H groups in total. The number of carbonyl (C=O) groups is 2. The zero-order chi connectivity index (χ0) is 21.7. The van der Waals surface area contributed by atoms with Crippen LogP contribution in [0.1, 0.15) is 35.2 Å². The molecule has 2 saturated heterocycles. The average Bonchev–Trinajstić information content (AvgIpc) is 3.12. The van der Waals surface area contributed by atoms with E-state index < -0.39 is 0 Å². The Morgan fingerprint density at radius 2 is 1.87 bits per heavy atom. The highest BCUT2D eigenvalue weighted by Gasteiger charge is 2.39. The van der Waals surface area contributed by atoms with E-state index in [-0.39, 0.29) is 41.7 Å². The first kappa shape index (κ1) is 19.7. The fraction of sp³-hybridized carbons (Fsp3) is 0.435. The van der Waals surface area contributed by atoms with Crippen LogP contribution in [0, 0.1) is 12.8 Å². The summed E-state index contributed by atoms with van der Waals surface area (Å²) in [7, 11) is 1.82. The van der Waals surface area contributed by atoms with Crippen LogP contribution in [0.5, 0.6) is 11.5 Å². The number of ether oxygens (including phenoxy) is 2. The molecule has 4 heterocycles. The van der Waals surface area contributed by atoms with Crippen molar-refractivity contribution in [3.05, 3.63) is 51.9 Å². The highest BCUT2D eigenvalue weighted by Crippen LogP contribution is 2.33. The zero-order valence-corrected chi connectivity index (χ0v) is 17.7. The fourth-order valence-corrected chi connectivity index (χ4v) is 4.81. The van der Waals surface area contributed by atoms with Gasteiger partial charge in [-0.05, 0) is 43.5 Å². The Kier molecular flexibility index (Phi) is 4.72. The van der Waals surface area contributed by atoms with Gasteiger partial charge in [-0.25, -0.2) is 0 Å². The van der Waals surface area contributed by atoms with Gasteiger partial charge in [0.05, 0.1) is 11.6 Å². The number of nitrogens with zero attached hydrogens (tertiary/aromatic N) is 3. The Morgan fingerprint density at radius 3 is 2.71 bits per heavy atom. The van der Waals surface area contributed by atoms with Crippen molar-refractivity contribution in [2.45, 2.75) is 32.2 Å². The number of likely N-dealkylation sites (N-methyl/N-ethyl adjacent to an activating group) is 1. The van der Waals surface area contributed by atoms with Crippen molar-refractivity contribution < 1.29 is 19.1 Å². The maximum Gasteiger partial charge on any atom is 0.268 e. The number of hydrogen-bond acceptors (Lipinski definition) is 5. The Labute approximate surface area is 180 Å². The van der Waals surface area contributed by atoms with Gasteiger partial charge < -0.3 is 19.3 Å². The largest absolute Gasteiger partial charge is 0.454 e. The van der Waals surface area contributed by atoms with Gasteiger partial charge in [-0.3, -0.25) is 19.0 Å². The first-order valence-electron chi connectivity index (χ1n) is 10.6. The van der Waals surface area contributed by atoms with Gasteiger partial charge in [0, 0.05) is 38.4 Å². The van der Waals surface area contributed by atoms with Crippen LogP contribution in [-0.4, -0.2) is 59.2 Å². The maximum atomic E-state index is 13.5. The molecule has 0 aliphatic carbocycles. The molecular weight excluding hydrogens is 398 g/mol. The Hall–Kier alpha value is -3.29. The van der Waals surface area contributed by atoms with E-state index in [1.807, 2.05) is 7.05 Å². The molecule has 2 bridgehead atoms. The molecule has 162 valence electrons. The van der Waals surface area contributed by atoms with Crippen LogP contribution < -0.4 is 15.0 Å². The normalized spacial score (nSPS) is 22.5. The van der Waals surface area contributed by atoms with E-state index in [9.17, 15) is 14.4 Å². The quantitative estimate of drug-likeness (QED) is 0.738. The molecule has 0 saturated carbocycles. The van der Waals surface area contributed by atoms with Crippen molar-refractivity contribution >= 4 is 11.8 Å². The van der Waals surface area contributed by atoms with Gasteiger partial charge in [0.15, 0.2) is 11.5 Å². The van der Waals surface area contributed by atoms with E-state index >= 15 is 0 Å². The van der Waals surface area contributed by atoms with Gasteiger partial charge in [-0.2, -0.15) is 0 Å². The van der Waals surface area contributed by atoms with Crippen molar-refractivity contribution in [2.75, 3.05) is 26.9 Å². The molecule has 2 amide bonds. The Bertz CT molecular complexity index is 1120. The van der Waals surface area contributed by atoms with Crippen LogP contribution in [0.25, 0.3) is 5.69 Å². The highest BCUT2D eigenvalue weighted by atomic mass is 16.7. The first-order valence-corrected chi connectivity index (χ1v) is 10.6. The summed E-state index contributed by atoms with van der Waals surface area (Å²) in [6.07, 6.45) is 4.30. The lowest BCUT2D eigenvalue weighted by Crippen LogP contribution is -2.44. The molecule has 2 fully saturated rings. The van der Waals surface area contributed by atoms with Crippen molar-refractivity contribution in [3.8, 4) is 17.2 Å². The summed E-state index contributed by atoms with van der Waals surface area (Å²) in [4.78, 5) is 43.1. The minimum absolute atomic E-state index is 0.0101. The molecule has 1 aromatic carbocycles. The van der Waals surface area contributed by atoms with Crippen molar-refractivity contribution in [1.29, 1.82) is 0 Å². The number of amides is 2. The summed E-state index contributed by atoms with van der Waals surface area (Å²) in [6.45, 7) is 2.73. The van der Waals surface area contributed by atoms with Gasteiger partial charge in [-0.15, -0.1) is 0 Å². The van der Waals surface area contributed by atoms with Crippen LogP contribution in [0.3, 0.4) is 0 Å². The molecule has 8 heteroatoms. The molecular formula is C23H25N3O5. The van der Waals surface area contributed by atoms with Crippen molar-refractivity contribution in [2.24, 2.45) is 5.92 Å². The standard InChI is InChI=1S/C23H25N3O5/c1-14-8-9-26(16-6-7-18-19(10-16)31-13-30-18)23(29)20(14)22(28)25-11-15-4-3-5-17(12-25)24(2)21(15)27/h6-10,15,17H,3-5,11-13H2,1-2H3/t15-,17+/m1/s1. The number of likely N-dealkylation sites (tertiary alicyclic amines) is 1. The lowest BCUT2D eigenvalue weighted by molar-refractivity contribution is -0.134. The van der Waals surface area contributed by atoms with Gasteiger partial charge >= 0.3 is 0 Å². The van der Waals surface area contributed by atoms with Crippen LogP contribution >= 0.6 is 0 Å². The predicted molar refractivity (Wildman–Crippen MR) is 113 cm³/mol. The first-order chi connectivity index (χ1) is 14.9. The van der Waals surface area contributed by atoms with E-state index in [1.165, 1.54) is 4.57 Å². The Morgan fingerprint density at radius 1 is 1.06 bits per heavy atom. The molecule has 8 nitrogen and oxygen atoms in total. The number of hydrogen-bond donors (Lipinski definition) is 0. The maximum absolute atomic E-state index is 13.5. The SMILES string of the molecule is Cc1ccn(-c2ccc3c(c2)OCO3)c(=O)c1C(=O)N1C[C@H]2CCC[C@@H](C1)N(C)C2=O. The summed E-state index contributed by atoms with van der Waals surface area (Å²) in [5.41, 5.74) is 1.00. The topological polar surface area (TPSA) is 81.1 Å². The summed E-state index contributed by atoms with van der Waals surface area (Å²) < 4.78 is 12.2. The number of rotatable bonds is 2. The molecule has 3 aliphatic rings. The summed E-state index contributed by atoms with van der Waals surface area (Å²) in [6, 6.07) is 7.02. The molecule has 5 rings (SSSR count). The number of benzene rings is 1. The number of aryl methyl sites for hydroxylation is 1. The van der Waals surface area contributed by atoms with Crippen LogP contribution in [-0.2, 0) is 4.79 Å². The third kappa shape index (κ3) is 3.26. The molecule has 3 aliphatic heterocycles. The van der Waals surface area contributed by atoms with Crippen LogP contribution in [0.15, 0.2) is 35.3 Å². The van der Waals surface area contributed by atoms with Gasteiger partial charge in [-0.1, -0.05) is 6.42 Å². The minimum atomic E-state index is -0.377. The fourth-order valence-electron chi connectivity index (χ4n) is 4.81. The monoisotopic (exact) mass is 423 g/mol. The second-order valence-electron chi connectivity index (χ2n) is 8.53. The van der Waals surface area contributed by atoms with E-state index in [0.717, 1.165) is 19.3 Å². The Balaban J connectivity index is 1.52. The van der Waals surface area contributed by atoms with Crippen molar-refractivity contribution in [3.63, 3.8) is 0 Å². The van der Waals surface area contributed by atoms with Gasteiger partial charge in [0.25, 0.3) is 11.5 Å². The van der Waals surface area contributed by atoms with Crippen LogP contribution in [0.4, 0.5) is 0 Å². The number of carbonyl (C=O) groups excluding carboxylic acids is 2. The molecule has 2 atom stereocenters. The number of fused-ring (bicyclic) bond motifs is 4. The molecule has 0 unspecified atom stereocenters. The predicted octanol–water partition coefficient (Wildman–Crippen LogP) is 1.96. The number of aromatic nitrogens is 1. The molecule has 0 spiro atoms. The average molecular weight is 423 g/mol. The molecule has 31 heavy (non-hydrogen) atoms. The van der Waals surface area contributed by atoms with E-state index in [0.29, 0.717) is 35.8 Å². The second-order valence-corrected chi connectivity index (χ2v) is 8.53. The third-order valence-corrected chi connectivity index (χ3v) is 6.64. The summed E-state index contributed by atoms with van der Waals surface area (Å²) in [5, 5.41) is 0. The van der Waals surface area contributed by atoms with Gasteiger partial charge in [0.1, 0.15) is 5.56 Å². The van der Waals surface area contributed by atoms with Crippen molar-refractivity contribution in [1.82, 2.24) is 14.4 Å². The molecule has 0 radical (unpaired) electrons. The van der Waals surface area contributed by atoms with E-state index in [2.05, 4.69) is 0 Å². The summed E-state index contributed by atoms with van der Waals surface area (Å²) >= 11 is 0. The molecule has 1 aromatic heterocycles. The van der Waals surface area contributed by atoms with Crippen LogP contribution in [0.2, 0.25) is 0 Å². The van der Waals surface area contributed by atoms with E-state index in [1.54, 1.807) is 47.2 Å². The number of pyridine rings is 1. The summed E-state index contributed by atoms with van der Waals surface area (Å²) in [5.74, 6) is 0.782. The van der Waals surface area contributed by atoms with E-state index in [4.69, 9.17) is 9.47 Å². The van der Waals surface area contributed by atoms with Gasteiger partial charge in [0.2, 0.25) is 12.7 Å². The zero-order valence-electron chi connectivity index (χ0n) is 17.7. The lowest BCUT2D eigenvalue weighted by Gasteiger charge is -2.29. The second kappa shape index (κ2) is 7.44. The molecule has 2 aromatic rings. The third-order valence-electron chi connectivity index (χ3n) is 6.64. The smallest absolute Gasteiger partial charge is 0.268 e.